The monoisotopic (exact) mass is 213 g/mol. The zero-order valence-electron chi connectivity index (χ0n) is 10.8. The molecule has 2 nitrogen and oxygen atoms in total. The van der Waals surface area contributed by atoms with Crippen LogP contribution in [0.3, 0.4) is 0 Å². The van der Waals surface area contributed by atoms with Gasteiger partial charge >= 0.3 is 0 Å². The zero-order chi connectivity index (χ0) is 11.5. The van der Waals surface area contributed by atoms with Gasteiger partial charge in [0, 0.05) is 13.2 Å². The first-order valence-electron chi connectivity index (χ1n) is 6.25. The first-order chi connectivity index (χ1) is 6.94. The number of hydrogen-bond donors (Lipinski definition) is 1. The fourth-order valence-electron chi connectivity index (χ4n) is 2.49. The van der Waals surface area contributed by atoms with E-state index in [-0.39, 0.29) is 5.60 Å². The van der Waals surface area contributed by atoms with E-state index in [1.165, 1.54) is 19.3 Å². The highest BCUT2D eigenvalue weighted by molar-refractivity contribution is 4.83. The molecule has 0 radical (unpaired) electrons. The Balaban J connectivity index is 2.27. The Labute approximate surface area is 94.6 Å². The summed E-state index contributed by atoms with van der Waals surface area (Å²) < 4.78 is 5.42. The maximum atomic E-state index is 6.25. The zero-order valence-corrected chi connectivity index (χ0v) is 10.8. The number of nitrogens with two attached hydrogens (primary N) is 1. The smallest absolute Gasteiger partial charge is 0.0623 e. The van der Waals surface area contributed by atoms with E-state index in [1.54, 1.807) is 7.11 Å². The van der Waals surface area contributed by atoms with Crippen molar-refractivity contribution in [2.45, 2.75) is 64.5 Å². The lowest BCUT2D eigenvalue weighted by atomic mass is 9.90. The summed E-state index contributed by atoms with van der Waals surface area (Å²) in [5.74, 6) is 1.64. The number of ether oxygens (including phenoxy) is 1. The predicted molar refractivity (Wildman–Crippen MR) is 64.8 cm³/mol. The van der Waals surface area contributed by atoms with Gasteiger partial charge in [0.15, 0.2) is 0 Å². The lowest BCUT2D eigenvalue weighted by Crippen LogP contribution is -2.32. The summed E-state index contributed by atoms with van der Waals surface area (Å²) in [5, 5.41) is 0. The summed E-state index contributed by atoms with van der Waals surface area (Å²) in [6, 6.07) is 0.379. The van der Waals surface area contributed by atoms with E-state index < -0.39 is 0 Å². The molecule has 1 fully saturated rings. The van der Waals surface area contributed by atoms with Gasteiger partial charge < -0.3 is 10.5 Å². The van der Waals surface area contributed by atoms with Crippen molar-refractivity contribution in [3.8, 4) is 0 Å². The summed E-state index contributed by atoms with van der Waals surface area (Å²) in [7, 11) is 1.78. The van der Waals surface area contributed by atoms with Crippen molar-refractivity contribution in [3.63, 3.8) is 0 Å². The molecule has 1 rings (SSSR count). The fourth-order valence-corrected chi connectivity index (χ4v) is 2.49. The minimum Gasteiger partial charge on any atom is -0.379 e. The Kier molecular flexibility index (Phi) is 4.60. The van der Waals surface area contributed by atoms with Crippen LogP contribution in [-0.4, -0.2) is 18.8 Å². The van der Waals surface area contributed by atoms with Crippen LogP contribution in [0.1, 0.15) is 52.9 Å². The van der Waals surface area contributed by atoms with Crippen LogP contribution in [-0.2, 0) is 4.74 Å². The molecule has 2 N–H and O–H groups in total. The molecular weight excluding hydrogens is 186 g/mol. The number of hydrogen-bond acceptors (Lipinski definition) is 2. The SMILES string of the molecule is COC(C)(C)CCC(N)C1CCC(C)C1. The molecule has 2 heteroatoms. The van der Waals surface area contributed by atoms with E-state index in [4.69, 9.17) is 10.5 Å². The molecule has 3 unspecified atom stereocenters. The maximum Gasteiger partial charge on any atom is 0.0623 e. The van der Waals surface area contributed by atoms with Crippen molar-refractivity contribution >= 4 is 0 Å². The third-order valence-electron chi connectivity index (χ3n) is 3.97. The Morgan fingerprint density at radius 1 is 1.40 bits per heavy atom. The molecule has 0 spiro atoms. The fraction of sp³-hybridized carbons (Fsp3) is 1.00. The minimum absolute atomic E-state index is 0.0121. The molecule has 1 aliphatic rings. The second-order valence-electron chi connectivity index (χ2n) is 5.84. The van der Waals surface area contributed by atoms with Crippen LogP contribution in [0.25, 0.3) is 0 Å². The van der Waals surface area contributed by atoms with Crippen LogP contribution in [0.4, 0.5) is 0 Å². The Morgan fingerprint density at radius 2 is 2.07 bits per heavy atom. The normalized spacial score (nSPS) is 29.4. The second-order valence-corrected chi connectivity index (χ2v) is 5.84. The van der Waals surface area contributed by atoms with E-state index in [0.717, 1.165) is 24.7 Å². The van der Waals surface area contributed by atoms with Crippen molar-refractivity contribution in [1.82, 2.24) is 0 Å². The first-order valence-corrected chi connectivity index (χ1v) is 6.25. The molecule has 0 aliphatic heterocycles. The van der Waals surface area contributed by atoms with Crippen molar-refractivity contribution < 1.29 is 4.74 Å². The highest BCUT2D eigenvalue weighted by atomic mass is 16.5. The van der Waals surface area contributed by atoms with E-state index in [2.05, 4.69) is 20.8 Å². The van der Waals surface area contributed by atoms with Gasteiger partial charge in [0.05, 0.1) is 5.60 Å². The van der Waals surface area contributed by atoms with Gasteiger partial charge in [0.1, 0.15) is 0 Å². The van der Waals surface area contributed by atoms with Crippen LogP contribution < -0.4 is 5.73 Å². The van der Waals surface area contributed by atoms with Gasteiger partial charge in [-0.05, 0) is 51.4 Å². The number of methoxy groups -OCH3 is 1. The van der Waals surface area contributed by atoms with Gasteiger partial charge in [-0.3, -0.25) is 0 Å². The van der Waals surface area contributed by atoms with Crippen LogP contribution in [0.2, 0.25) is 0 Å². The van der Waals surface area contributed by atoms with E-state index >= 15 is 0 Å². The molecule has 0 bridgehead atoms. The van der Waals surface area contributed by atoms with E-state index in [1.807, 2.05) is 0 Å². The third-order valence-corrected chi connectivity index (χ3v) is 3.97. The molecule has 0 aromatic carbocycles. The van der Waals surface area contributed by atoms with Gasteiger partial charge in [-0.25, -0.2) is 0 Å². The average Bonchev–Trinajstić information content (AvgIpc) is 2.61. The lowest BCUT2D eigenvalue weighted by molar-refractivity contribution is 0.0113. The predicted octanol–water partition coefficient (Wildman–Crippen LogP) is 2.96. The van der Waals surface area contributed by atoms with Crippen molar-refractivity contribution in [2.24, 2.45) is 17.6 Å². The van der Waals surface area contributed by atoms with Gasteiger partial charge in [-0.1, -0.05) is 13.3 Å². The molecule has 0 saturated heterocycles. The molecule has 1 aliphatic carbocycles. The summed E-state index contributed by atoms with van der Waals surface area (Å²) in [6.07, 6.45) is 6.18. The first kappa shape index (κ1) is 13.0. The molecule has 0 aromatic heterocycles. The largest absolute Gasteiger partial charge is 0.379 e. The third kappa shape index (κ3) is 4.12. The summed E-state index contributed by atoms with van der Waals surface area (Å²) >= 11 is 0. The van der Waals surface area contributed by atoms with Crippen molar-refractivity contribution in [1.29, 1.82) is 0 Å². The molecular formula is C13H27NO. The molecule has 0 amide bonds. The van der Waals surface area contributed by atoms with E-state index in [0.29, 0.717) is 6.04 Å². The maximum absolute atomic E-state index is 6.25. The molecule has 90 valence electrons. The van der Waals surface area contributed by atoms with Crippen LogP contribution >= 0.6 is 0 Å². The van der Waals surface area contributed by atoms with Gasteiger partial charge in [-0.15, -0.1) is 0 Å². The Hall–Kier alpha value is -0.0800. The molecule has 0 heterocycles. The summed E-state index contributed by atoms with van der Waals surface area (Å²) in [4.78, 5) is 0. The lowest BCUT2D eigenvalue weighted by Gasteiger charge is -2.26. The Morgan fingerprint density at radius 3 is 2.53 bits per heavy atom. The topological polar surface area (TPSA) is 35.2 Å². The summed E-state index contributed by atoms with van der Waals surface area (Å²) in [6.45, 7) is 6.61. The standard InChI is InChI=1S/C13H27NO/c1-10-5-6-11(9-10)12(14)7-8-13(2,3)15-4/h10-12H,5-9,14H2,1-4H3. The van der Waals surface area contributed by atoms with Crippen LogP contribution in [0.5, 0.6) is 0 Å². The van der Waals surface area contributed by atoms with Crippen molar-refractivity contribution in [3.05, 3.63) is 0 Å². The molecule has 1 saturated carbocycles. The van der Waals surface area contributed by atoms with Crippen LogP contribution in [0, 0.1) is 11.8 Å². The number of rotatable bonds is 5. The quantitative estimate of drug-likeness (QED) is 0.762. The van der Waals surface area contributed by atoms with Crippen molar-refractivity contribution in [2.75, 3.05) is 7.11 Å². The molecule has 3 atom stereocenters. The molecule has 0 aromatic rings. The molecule has 15 heavy (non-hydrogen) atoms. The second kappa shape index (κ2) is 5.31. The average molecular weight is 213 g/mol. The highest BCUT2D eigenvalue weighted by Crippen LogP contribution is 2.33. The van der Waals surface area contributed by atoms with Gasteiger partial charge in [0.2, 0.25) is 0 Å². The Bertz CT molecular complexity index is 191. The summed E-state index contributed by atoms with van der Waals surface area (Å²) in [5.41, 5.74) is 6.24. The highest BCUT2D eigenvalue weighted by Gasteiger charge is 2.27. The van der Waals surface area contributed by atoms with Crippen LogP contribution in [0.15, 0.2) is 0 Å². The van der Waals surface area contributed by atoms with Gasteiger partial charge in [-0.2, -0.15) is 0 Å². The van der Waals surface area contributed by atoms with Gasteiger partial charge in [0.25, 0.3) is 0 Å². The van der Waals surface area contributed by atoms with E-state index in [9.17, 15) is 0 Å². The minimum atomic E-state index is -0.0121.